The number of rotatable bonds is 6. The molecule has 142 valence electrons. The number of aromatic nitrogens is 1. The van der Waals surface area contributed by atoms with Crippen molar-refractivity contribution in [3.05, 3.63) is 89.7 Å². The van der Waals surface area contributed by atoms with Crippen molar-refractivity contribution in [1.82, 2.24) is 4.98 Å². The number of hydrogen-bond donors (Lipinski definition) is 1. The van der Waals surface area contributed by atoms with Gasteiger partial charge in [-0.15, -0.1) is 0 Å². The summed E-state index contributed by atoms with van der Waals surface area (Å²) in [4.78, 5) is 30.3. The fraction of sp³-hybridized carbons (Fsp3) is 0.136. The van der Waals surface area contributed by atoms with Gasteiger partial charge < -0.3 is 15.0 Å². The molecule has 28 heavy (non-hydrogen) atoms. The molecule has 0 unspecified atom stereocenters. The van der Waals surface area contributed by atoms with Crippen LogP contribution in [0.5, 0.6) is 0 Å². The number of carbonyl (C=O) groups is 2. The Morgan fingerprint density at radius 1 is 1.00 bits per heavy atom. The maximum atomic E-state index is 12.6. The lowest BCUT2D eigenvalue weighted by Gasteiger charge is -2.19. The zero-order valence-corrected chi connectivity index (χ0v) is 15.8. The summed E-state index contributed by atoms with van der Waals surface area (Å²) < 4.78 is 4.67. The van der Waals surface area contributed by atoms with Crippen LogP contribution in [0.4, 0.5) is 11.4 Å². The van der Waals surface area contributed by atoms with Crippen LogP contribution in [0.1, 0.15) is 26.3 Å². The topological polar surface area (TPSA) is 71.5 Å². The fourth-order valence-electron chi connectivity index (χ4n) is 2.72. The number of anilines is 2. The molecule has 0 saturated carbocycles. The fourth-order valence-corrected chi connectivity index (χ4v) is 2.72. The van der Waals surface area contributed by atoms with E-state index in [0.29, 0.717) is 23.4 Å². The molecular weight excluding hydrogens is 354 g/mol. The van der Waals surface area contributed by atoms with E-state index >= 15 is 0 Å². The molecular formula is C22H21N3O3. The molecule has 1 heterocycles. The number of methoxy groups -OCH3 is 1. The van der Waals surface area contributed by atoms with Gasteiger partial charge in [0.2, 0.25) is 0 Å². The monoisotopic (exact) mass is 375 g/mol. The third-order valence-electron chi connectivity index (χ3n) is 4.25. The molecule has 0 aliphatic heterocycles. The summed E-state index contributed by atoms with van der Waals surface area (Å²) in [5.74, 6) is -0.690. The summed E-state index contributed by atoms with van der Waals surface area (Å²) in [5, 5.41) is 2.81. The van der Waals surface area contributed by atoms with Crippen molar-refractivity contribution in [1.29, 1.82) is 0 Å². The lowest BCUT2D eigenvalue weighted by Crippen LogP contribution is -2.18. The molecule has 0 aliphatic rings. The van der Waals surface area contributed by atoms with E-state index in [0.717, 1.165) is 5.69 Å². The SMILES string of the molecule is COC(=O)c1ccc(NC(=O)c2cncc(N(C)Cc3ccccc3)c2)cc1. The first kappa shape index (κ1) is 19.1. The summed E-state index contributed by atoms with van der Waals surface area (Å²) in [7, 11) is 3.28. The van der Waals surface area contributed by atoms with Crippen molar-refractivity contribution in [2.75, 3.05) is 24.4 Å². The molecule has 3 rings (SSSR count). The average molecular weight is 375 g/mol. The molecule has 0 spiro atoms. The van der Waals surface area contributed by atoms with Crippen LogP contribution >= 0.6 is 0 Å². The van der Waals surface area contributed by atoms with Gasteiger partial charge in [0.25, 0.3) is 5.91 Å². The normalized spacial score (nSPS) is 10.2. The second kappa shape index (κ2) is 8.81. The first-order chi connectivity index (χ1) is 13.6. The van der Waals surface area contributed by atoms with E-state index in [9.17, 15) is 9.59 Å². The average Bonchev–Trinajstić information content (AvgIpc) is 2.74. The van der Waals surface area contributed by atoms with Gasteiger partial charge in [0.1, 0.15) is 0 Å². The lowest BCUT2D eigenvalue weighted by atomic mass is 10.2. The molecule has 0 saturated heterocycles. The molecule has 0 aliphatic carbocycles. The van der Waals surface area contributed by atoms with Gasteiger partial charge >= 0.3 is 5.97 Å². The Kier molecular flexibility index (Phi) is 6.01. The minimum atomic E-state index is -0.420. The van der Waals surface area contributed by atoms with E-state index < -0.39 is 5.97 Å². The quantitative estimate of drug-likeness (QED) is 0.664. The summed E-state index contributed by atoms with van der Waals surface area (Å²) in [5.41, 5.74) is 3.48. The standard InChI is InChI=1S/C22H21N3O3/c1-25(15-16-6-4-3-5-7-16)20-12-18(13-23-14-20)21(26)24-19-10-8-17(9-11-19)22(27)28-2/h3-14H,15H2,1-2H3,(H,24,26). The molecule has 6 heteroatoms. The third kappa shape index (κ3) is 4.73. The van der Waals surface area contributed by atoms with Crippen molar-refractivity contribution < 1.29 is 14.3 Å². The number of nitrogens with zero attached hydrogens (tertiary/aromatic N) is 2. The lowest BCUT2D eigenvalue weighted by molar-refractivity contribution is 0.0600. The van der Waals surface area contributed by atoms with Crippen molar-refractivity contribution >= 4 is 23.3 Å². The highest BCUT2D eigenvalue weighted by atomic mass is 16.5. The van der Waals surface area contributed by atoms with Crippen LogP contribution in [0.2, 0.25) is 0 Å². The van der Waals surface area contributed by atoms with E-state index in [-0.39, 0.29) is 5.91 Å². The zero-order chi connectivity index (χ0) is 19.9. The van der Waals surface area contributed by atoms with Gasteiger partial charge in [0.05, 0.1) is 30.1 Å². The Hall–Kier alpha value is -3.67. The Labute approximate surface area is 163 Å². The predicted molar refractivity (Wildman–Crippen MR) is 109 cm³/mol. The minimum absolute atomic E-state index is 0.270. The number of amides is 1. The molecule has 0 fully saturated rings. The highest BCUT2D eigenvalue weighted by Gasteiger charge is 2.11. The van der Waals surface area contributed by atoms with E-state index in [2.05, 4.69) is 27.2 Å². The molecule has 0 bridgehead atoms. The van der Waals surface area contributed by atoms with Gasteiger partial charge in [-0.3, -0.25) is 9.78 Å². The molecule has 0 atom stereocenters. The molecule has 1 N–H and O–H groups in total. The van der Waals surface area contributed by atoms with Gasteiger partial charge in [-0.25, -0.2) is 4.79 Å². The van der Waals surface area contributed by atoms with Crippen LogP contribution in [0.15, 0.2) is 73.1 Å². The number of nitrogens with one attached hydrogen (secondary N) is 1. The molecule has 1 amide bonds. The van der Waals surface area contributed by atoms with Crippen molar-refractivity contribution in [2.45, 2.75) is 6.54 Å². The van der Waals surface area contributed by atoms with Crippen LogP contribution in [0.3, 0.4) is 0 Å². The van der Waals surface area contributed by atoms with E-state index in [4.69, 9.17) is 0 Å². The van der Waals surface area contributed by atoms with Crippen LogP contribution in [0, 0.1) is 0 Å². The highest BCUT2D eigenvalue weighted by molar-refractivity contribution is 6.04. The van der Waals surface area contributed by atoms with Gasteiger partial charge in [-0.1, -0.05) is 30.3 Å². The predicted octanol–water partition coefficient (Wildman–Crippen LogP) is 3.76. The highest BCUT2D eigenvalue weighted by Crippen LogP contribution is 2.17. The number of carbonyl (C=O) groups excluding carboxylic acids is 2. The number of esters is 1. The second-order valence-corrected chi connectivity index (χ2v) is 6.30. The number of hydrogen-bond acceptors (Lipinski definition) is 5. The van der Waals surface area contributed by atoms with Crippen LogP contribution in [-0.2, 0) is 11.3 Å². The number of ether oxygens (including phenoxy) is 1. The maximum Gasteiger partial charge on any atom is 0.337 e. The Bertz CT molecular complexity index is 956. The second-order valence-electron chi connectivity index (χ2n) is 6.30. The summed E-state index contributed by atoms with van der Waals surface area (Å²) in [6, 6.07) is 18.4. The first-order valence-electron chi connectivity index (χ1n) is 8.76. The molecule has 2 aromatic carbocycles. The van der Waals surface area contributed by atoms with Gasteiger partial charge in [0, 0.05) is 25.5 Å². The summed E-state index contributed by atoms with van der Waals surface area (Å²) in [6.07, 6.45) is 3.25. The Morgan fingerprint density at radius 3 is 2.39 bits per heavy atom. The van der Waals surface area contributed by atoms with E-state index in [1.54, 1.807) is 36.5 Å². The van der Waals surface area contributed by atoms with Gasteiger partial charge in [-0.05, 0) is 35.9 Å². The Balaban J connectivity index is 1.69. The minimum Gasteiger partial charge on any atom is -0.465 e. The maximum absolute atomic E-state index is 12.6. The van der Waals surface area contributed by atoms with E-state index in [1.807, 2.05) is 30.1 Å². The molecule has 0 radical (unpaired) electrons. The third-order valence-corrected chi connectivity index (χ3v) is 4.25. The van der Waals surface area contributed by atoms with Crippen LogP contribution in [-0.4, -0.2) is 31.0 Å². The largest absolute Gasteiger partial charge is 0.465 e. The zero-order valence-electron chi connectivity index (χ0n) is 15.8. The molecule has 3 aromatic rings. The van der Waals surface area contributed by atoms with Crippen molar-refractivity contribution in [3.63, 3.8) is 0 Å². The van der Waals surface area contributed by atoms with Crippen molar-refractivity contribution in [2.24, 2.45) is 0 Å². The molecule has 6 nitrogen and oxygen atoms in total. The van der Waals surface area contributed by atoms with Crippen LogP contribution in [0.25, 0.3) is 0 Å². The molecule has 1 aromatic heterocycles. The first-order valence-corrected chi connectivity index (χ1v) is 8.76. The smallest absolute Gasteiger partial charge is 0.337 e. The van der Waals surface area contributed by atoms with Crippen LogP contribution < -0.4 is 10.2 Å². The van der Waals surface area contributed by atoms with E-state index in [1.165, 1.54) is 18.9 Å². The Morgan fingerprint density at radius 2 is 1.71 bits per heavy atom. The number of pyridine rings is 1. The summed E-state index contributed by atoms with van der Waals surface area (Å²) in [6.45, 7) is 0.711. The summed E-state index contributed by atoms with van der Waals surface area (Å²) >= 11 is 0. The van der Waals surface area contributed by atoms with Crippen molar-refractivity contribution in [3.8, 4) is 0 Å². The van der Waals surface area contributed by atoms with Gasteiger partial charge in [-0.2, -0.15) is 0 Å². The van der Waals surface area contributed by atoms with Gasteiger partial charge in [0.15, 0.2) is 0 Å². The number of benzene rings is 2.